The zero-order valence-corrected chi connectivity index (χ0v) is 8.69. The van der Waals surface area contributed by atoms with E-state index in [1.165, 1.54) is 11.3 Å². The van der Waals surface area contributed by atoms with E-state index in [1.807, 2.05) is 0 Å². The molecule has 3 nitrogen and oxygen atoms in total. The largest absolute Gasteiger partial charge is 0.385 e. The van der Waals surface area contributed by atoms with Crippen LogP contribution >= 0.6 is 11.3 Å². The molecule has 0 unspecified atom stereocenters. The minimum atomic E-state index is 0.0930. The van der Waals surface area contributed by atoms with E-state index in [0.29, 0.717) is 0 Å². The molecule has 0 amide bonds. The number of nitrogens with zero attached hydrogens (tertiary/aromatic N) is 1. The van der Waals surface area contributed by atoms with Crippen molar-refractivity contribution in [2.24, 2.45) is 0 Å². The van der Waals surface area contributed by atoms with Crippen LogP contribution in [0.2, 0.25) is 0 Å². The summed E-state index contributed by atoms with van der Waals surface area (Å²) in [5.41, 5.74) is 0. The highest BCUT2D eigenvalue weighted by molar-refractivity contribution is 7.13. The maximum absolute atomic E-state index is 10.9. The van der Waals surface area contributed by atoms with E-state index in [4.69, 9.17) is 4.74 Å². The van der Waals surface area contributed by atoms with Gasteiger partial charge in [0.05, 0.1) is 9.88 Å². The van der Waals surface area contributed by atoms with Gasteiger partial charge in [0.2, 0.25) is 0 Å². The molecular weight excluding hydrogens is 186 g/mol. The van der Waals surface area contributed by atoms with Crippen molar-refractivity contribution in [3.63, 3.8) is 0 Å². The van der Waals surface area contributed by atoms with Crippen LogP contribution in [0.4, 0.5) is 0 Å². The minimum Gasteiger partial charge on any atom is -0.385 e. The van der Waals surface area contributed by atoms with Crippen molar-refractivity contribution in [1.82, 2.24) is 4.98 Å². The Balaban J connectivity index is 2.44. The topological polar surface area (TPSA) is 39.2 Å². The number of thiazole rings is 1. The van der Waals surface area contributed by atoms with E-state index in [9.17, 15) is 4.79 Å². The normalized spacial score (nSPS) is 10.3. The fourth-order valence-corrected chi connectivity index (χ4v) is 1.81. The Hall–Kier alpha value is -0.740. The standard InChI is InChI=1S/C9H13NO2S/c1-7(11)8-6-10-9(13-8)4-3-5-12-2/h6H,3-5H2,1-2H3. The van der Waals surface area contributed by atoms with Crippen molar-refractivity contribution in [2.45, 2.75) is 19.8 Å². The third-order valence-corrected chi connectivity index (χ3v) is 2.80. The molecule has 0 atom stereocenters. The number of ether oxygens (including phenoxy) is 1. The van der Waals surface area contributed by atoms with E-state index < -0.39 is 0 Å². The molecule has 13 heavy (non-hydrogen) atoms. The van der Waals surface area contributed by atoms with Crippen LogP contribution in [0.25, 0.3) is 0 Å². The Morgan fingerprint density at radius 1 is 1.69 bits per heavy atom. The third kappa shape index (κ3) is 3.24. The van der Waals surface area contributed by atoms with Crippen molar-refractivity contribution < 1.29 is 9.53 Å². The van der Waals surface area contributed by atoms with Gasteiger partial charge in [0.1, 0.15) is 0 Å². The van der Waals surface area contributed by atoms with Crippen LogP contribution in [-0.2, 0) is 11.2 Å². The molecule has 0 aliphatic heterocycles. The summed E-state index contributed by atoms with van der Waals surface area (Å²) in [6.45, 7) is 2.31. The maximum atomic E-state index is 10.9. The van der Waals surface area contributed by atoms with Crippen molar-refractivity contribution in [3.05, 3.63) is 16.1 Å². The van der Waals surface area contributed by atoms with Crippen LogP contribution in [0.3, 0.4) is 0 Å². The Bertz CT molecular complexity index is 283. The first-order chi connectivity index (χ1) is 6.24. The number of aromatic nitrogens is 1. The van der Waals surface area contributed by atoms with Gasteiger partial charge in [-0.25, -0.2) is 4.98 Å². The molecule has 0 aliphatic carbocycles. The second kappa shape index (κ2) is 5.09. The first kappa shape index (κ1) is 10.3. The number of carbonyl (C=O) groups is 1. The zero-order chi connectivity index (χ0) is 9.68. The van der Waals surface area contributed by atoms with Crippen LogP contribution < -0.4 is 0 Å². The van der Waals surface area contributed by atoms with Gasteiger partial charge >= 0.3 is 0 Å². The molecule has 0 aromatic carbocycles. The fraction of sp³-hybridized carbons (Fsp3) is 0.556. The maximum Gasteiger partial charge on any atom is 0.171 e. The van der Waals surface area contributed by atoms with Gasteiger partial charge in [-0.3, -0.25) is 4.79 Å². The summed E-state index contributed by atoms with van der Waals surface area (Å²) in [7, 11) is 1.68. The zero-order valence-electron chi connectivity index (χ0n) is 7.87. The van der Waals surface area contributed by atoms with Gasteiger partial charge in [0.25, 0.3) is 0 Å². The average Bonchev–Trinajstić information content (AvgIpc) is 2.53. The molecule has 0 aliphatic rings. The minimum absolute atomic E-state index is 0.0930. The lowest BCUT2D eigenvalue weighted by atomic mass is 10.3. The Morgan fingerprint density at radius 2 is 2.46 bits per heavy atom. The molecule has 0 radical (unpaired) electrons. The Kier molecular flexibility index (Phi) is 4.05. The van der Waals surface area contributed by atoms with Crippen LogP contribution in [0.15, 0.2) is 6.20 Å². The van der Waals surface area contributed by atoms with Gasteiger partial charge in [-0.15, -0.1) is 11.3 Å². The van der Waals surface area contributed by atoms with Crippen LogP contribution in [-0.4, -0.2) is 24.5 Å². The predicted molar refractivity (Wildman–Crippen MR) is 52.3 cm³/mol. The number of Topliss-reactive ketones (excluding diaryl/α,β-unsaturated/α-hetero) is 1. The Morgan fingerprint density at radius 3 is 3.00 bits per heavy atom. The first-order valence-electron chi connectivity index (χ1n) is 4.18. The molecule has 1 aromatic rings. The molecular formula is C9H13NO2S. The molecule has 1 heterocycles. The molecule has 72 valence electrons. The van der Waals surface area contributed by atoms with Crippen molar-refractivity contribution >= 4 is 17.1 Å². The summed E-state index contributed by atoms with van der Waals surface area (Å²) in [4.78, 5) is 15.8. The first-order valence-corrected chi connectivity index (χ1v) is 5.00. The molecule has 0 N–H and O–H groups in total. The smallest absolute Gasteiger partial charge is 0.171 e. The molecule has 1 rings (SSSR count). The number of aryl methyl sites for hydroxylation is 1. The highest BCUT2D eigenvalue weighted by atomic mass is 32.1. The van der Waals surface area contributed by atoms with Gasteiger partial charge in [0.15, 0.2) is 5.78 Å². The summed E-state index contributed by atoms with van der Waals surface area (Å²) in [6, 6.07) is 0. The SMILES string of the molecule is COCCCc1ncc(C(C)=O)s1. The molecule has 0 bridgehead atoms. The van der Waals surface area contributed by atoms with E-state index in [1.54, 1.807) is 20.2 Å². The van der Waals surface area contributed by atoms with Crippen molar-refractivity contribution in [3.8, 4) is 0 Å². The van der Waals surface area contributed by atoms with Gasteiger partial charge in [-0.1, -0.05) is 0 Å². The summed E-state index contributed by atoms with van der Waals surface area (Å²) >= 11 is 1.48. The second-order valence-corrected chi connectivity index (χ2v) is 3.89. The lowest BCUT2D eigenvalue weighted by molar-refractivity contribution is 0.102. The summed E-state index contributed by atoms with van der Waals surface area (Å²) in [5.74, 6) is 0.0930. The second-order valence-electron chi connectivity index (χ2n) is 2.77. The lowest BCUT2D eigenvalue weighted by Crippen LogP contribution is -1.91. The highest BCUT2D eigenvalue weighted by Crippen LogP contribution is 2.14. The number of methoxy groups -OCH3 is 1. The monoisotopic (exact) mass is 199 g/mol. The third-order valence-electron chi connectivity index (χ3n) is 1.64. The van der Waals surface area contributed by atoms with Crippen molar-refractivity contribution in [2.75, 3.05) is 13.7 Å². The molecule has 0 fully saturated rings. The van der Waals surface area contributed by atoms with Gasteiger partial charge < -0.3 is 4.74 Å². The average molecular weight is 199 g/mol. The summed E-state index contributed by atoms with van der Waals surface area (Å²) in [5, 5.41) is 1.02. The van der Waals surface area contributed by atoms with Crippen molar-refractivity contribution in [1.29, 1.82) is 0 Å². The quantitative estimate of drug-likeness (QED) is 0.537. The van der Waals surface area contributed by atoms with E-state index in [0.717, 1.165) is 29.3 Å². The molecule has 4 heteroatoms. The van der Waals surface area contributed by atoms with Gasteiger partial charge in [-0.2, -0.15) is 0 Å². The molecule has 0 saturated carbocycles. The lowest BCUT2D eigenvalue weighted by Gasteiger charge is -1.94. The van der Waals surface area contributed by atoms with E-state index in [-0.39, 0.29) is 5.78 Å². The Labute approximate surface area is 81.8 Å². The van der Waals surface area contributed by atoms with E-state index >= 15 is 0 Å². The number of carbonyl (C=O) groups excluding carboxylic acids is 1. The van der Waals surface area contributed by atoms with Crippen LogP contribution in [0.1, 0.15) is 28.0 Å². The van der Waals surface area contributed by atoms with Crippen LogP contribution in [0.5, 0.6) is 0 Å². The molecule has 1 aromatic heterocycles. The number of ketones is 1. The predicted octanol–water partition coefficient (Wildman–Crippen LogP) is 1.92. The number of hydrogen-bond acceptors (Lipinski definition) is 4. The molecule has 0 spiro atoms. The van der Waals surface area contributed by atoms with Gasteiger partial charge in [0, 0.05) is 33.3 Å². The fourth-order valence-electron chi connectivity index (χ4n) is 0.956. The summed E-state index contributed by atoms with van der Waals surface area (Å²) < 4.78 is 4.93. The van der Waals surface area contributed by atoms with Gasteiger partial charge in [-0.05, 0) is 6.42 Å². The number of hydrogen-bond donors (Lipinski definition) is 0. The highest BCUT2D eigenvalue weighted by Gasteiger charge is 2.04. The van der Waals surface area contributed by atoms with Crippen LogP contribution in [0, 0.1) is 0 Å². The molecule has 0 saturated heterocycles. The summed E-state index contributed by atoms with van der Waals surface area (Å²) in [6.07, 6.45) is 3.50. The van der Waals surface area contributed by atoms with E-state index in [2.05, 4.69) is 4.98 Å². The number of rotatable bonds is 5.